The lowest BCUT2D eigenvalue weighted by molar-refractivity contribution is 0.196. The number of rotatable bonds is 2. The molecule has 0 unspecified atom stereocenters. The van der Waals surface area contributed by atoms with E-state index in [1.807, 2.05) is 6.07 Å². The molecule has 18 heavy (non-hydrogen) atoms. The van der Waals surface area contributed by atoms with Crippen LogP contribution in [0, 0.1) is 11.8 Å². The molecule has 2 aromatic rings. The second-order valence-electron chi connectivity index (χ2n) is 3.36. The Morgan fingerprint density at radius 2 is 2.39 bits per heavy atom. The van der Waals surface area contributed by atoms with E-state index >= 15 is 0 Å². The molecule has 0 aliphatic heterocycles. The Morgan fingerprint density at radius 1 is 1.50 bits per heavy atom. The zero-order valence-corrected chi connectivity index (χ0v) is 9.38. The van der Waals surface area contributed by atoms with E-state index in [0.29, 0.717) is 11.3 Å². The van der Waals surface area contributed by atoms with E-state index in [9.17, 15) is 4.79 Å². The van der Waals surface area contributed by atoms with Gasteiger partial charge in [-0.15, -0.1) is 0 Å². The molecule has 0 atom stereocenters. The highest BCUT2D eigenvalue weighted by molar-refractivity contribution is 5.66. The number of carboxylic acid groups (broad SMARTS) is 1. The van der Waals surface area contributed by atoms with E-state index in [4.69, 9.17) is 9.52 Å². The summed E-state index contributed by atoms with van der Waals surface area (Å²) in [6.45, 7) is 0.0713. The fraction of sp³-hybridized carbons (Fsp3) is 0.0769. The van der Waals surface area contributed by atoms with Crippen LogP contribution in [0.5, 0.6) is 0 Å². The molecule has 5 heteroatoms. The highest BCUT2D eigenvalue weighted by atomic mass is 16.4. The number of hydrogen-bond donors (Lipinski definition) is 2. The van der Waals surface area contributed by atoms with Gasteiger partial charge in [-0.2, -0.15) is 0 Å². The summed E-state index contributed by atoms with van der Waals surface area (Å²) in [5, 5.41) is 10.6. The van der Waals surface area contributed by atoms with Crippen molar-refractivity contribution in [2.75, 3.05) is 6.54 Å². The Hall–Kier alpha value is -2.74. The van der Waals surface area contributed by atoms with Crippen LogP contribution in [0.15, 0.2) is 41.3 Å². The Labute approximate surface area is 103 Å². The normalized spacial score (nSPS) is 9.33. The van der Waals surface area contributed by atoms with Crippen molar-refractivity contribution in [2.45, 2.75) is 0 Å². The third-order valence-corrected chi connectivity index (χ3v) is 2.16. The number of carbonyl (C=O) groups is 1. The number of nitrogens with zero attached hydrogens (tertiary/aromatic N) is 1. The predicted octanol–water partition coefficient (Wildman–Crippen LogP) is 1.96. The van der Waals surface area contributed by atoms with E-state index in [-0.39, 0.29) is 6.54 Å². The highest BCUT2D eigenvalue weighted by Gasteiger charge is 2.04. The van der Waals surface area contributed by atoms with Gasteiger partial charge in [0.15, 0.2) is 0 Å². The molecule has 0 aromatic carbocycles. The summed E-state index contributed by atoms with van der Waals surface area (Å²) in [4.78, 5) is 14.2. The number of hydrogen-bond acceptors (Lipinski definition) is 3. The first-order chi connectivity index (χ1) is 8.77. The summed E-state index contributed by atoms with van der Waals surface area (Å²) in [5.41, 5.74) is 1.53. The Balaban J connectivity index is 2.21. The Kier molecular flexibility index (Phi) is 3.62. The average Bonchev–Trinajstić information content (AvgIpc) is 2.88. The number of amides is 1. The third kappa shape index (κ3) is 2.89. The molecule has 90 valence electrons. The zero-order chi connectivity index (χ0) is 12.8. The fourth-order valence-corrected chi connectivity index (χ4v) is 1.40. The van der Waals surface area contributed by atoms with Crippen molar-refractivity contribution in [1.29, 1.82) is 0 Å². The largest absolute Gasteiger partial charge is 0.465 e. The van der Waals surface area contributed by atoms with Crippen molar-refractivity contribution in [1.82, 2.24) is 10.3 Å². The van der Waals surface area contributed by atoms with Gasteiger partial charge in [-0.25, -0.2) is 4.79 Å². The van der Waals surface area contributed by atoms with Crippen molar-refractivity contribution in [3.63, 3.8) is 0 Å². The smallest absolute Gasteiger partial charge is 0.405 e. The molecule has 5 nitrogen and oxygen atoms in total. The highest BCUT2D eigenvalue weighted by Crippen LogP contribution is 2.22. The van der Waals surface area contributed by atoms with E-state index in [2.05, 4.69) is 22.1 Å². The van der Waals surface area contributed by atoms with Crippen LogP contribution < -0.4 is 5.32 Å². The SMILES string of the molecule is O=C(O)NCC#Cc1cnccc1-c1ccco1. The maximum atomic E-state index is 10.3. The van der Waals surface area contributed by atoms with Gasteiger partial charge in [-0.3, -0.25) is 4.98 Å². The molecule has 0 saturated carbocycles. The monoisotopic (exact) mass is 242 g/mol. The van der Waals surface area contributed by atoms with Crippen molar-refractivity contribution in [3.05, 3.63) is 42.4 Å². The van der Waals surface area contributed by atoms with Crippen molar-refractivity contribution >= 4 is 6.09 Å². The van der Waals surface area contributed by atoms with Gasteiger partial charge in [0.1, 0.15) is 5.76 Å². The van der Waals surface area contributed by atoms with Crippen molar-refractivity contribution in [3.8, 4) is 23.2 Å². The molecule has 1 amide bonds. The fourth-order valence-electron chi connectivity index (χ4n) is 1.40. The van der Waals surface area contributed by atoms with Crippen molar-refractivity contribution in [2.24, 2.45) is 0 Å². The minimum atomic E-state index is -1.10. The summed E-state index contributed by atoms with van der Waals surface area (Å²) >= 11 is 0. The molecule has 2 N–H and O–H groups in total. The first kappa shape index (κ1) is 11.7. The summed E-state index contributed by atoms with van der Waals surface area (Å²) in [5.74, 6) is 6.27. The van der Waals surface area contributed by atoms with E-state index in [1.54, 1.807) is 30.8 Å². The van der Waals surface area contributed by atoms with Crippen molar-refractivity contribution < 1.29 is 14.3 Å². The van der Waals surface area contributed by atoms with E-state index < -0.39 is 6.09 Å². The van der Waals surface area contributed by atoms with Gasteiger partial charge in [0.25, 0.3) is 0 Å². The van der Waals surface area contributed by atoms with Crippen LogP contribution in [-0.4, -0.2) is 22.7 Å². The molecule has 2 aromatic heterocycles. The zero-order valence-electron chi connectivity index (χ0n) is 9.38. The molecule has 0 saturated heterocycles. The van der Waals surface area contributed by atoms with Crippen LogP contribution in [0.3, 0.4) is 0 Å². The first-order valence-corrected chi connectivity index (χ1v) is 5.21. The molecule has 0 radical (unpaired) electrons. The van der Waals surface area contributed by atoms with Gasteiger partial charge < -0.3 is 14.8 Å². The second-order valence-corrected chi connectivity index (χ2v) is 3.36. The van der Waals surface area contributed by atoms with Gasteiger partial charge in [0.05, 0.1) is 18.4 Å². The van der Waals surface area contributed by atoms with E-state index in [1.165, 1.54) is 0 Å². The molecule has 2 rings (SSSR count). The topological polar surface area (TPSA) is 75.4 Å². The summed E-state index contributed by atoms with van der Waals surface area (Å²) in [6.07, 6.45) is 3.75. The van der Waals surface area contributed by atoms with Crippen LogP contribution in [0.1, 0.15) is 5.56 Å². The molecule has 0 aliphatic rings. The lowest BCUT2D eigenvalue weighted by Crippen LogP contribution is -2.20. The molecule has 2 heterocycles. The quantitative estimate of drug-likeness (QED) is 0.789. The maximum Gasteiger partial charge on any atom is 0.405 e. The minimum Gasteiger partial charge on any atom is -0.465 e. The van der Waals surface area contributed by atoms with Gasteiger partial charge in [-0.1, -0.05) is 11.8 Å². The van der Waals surface area contributed by atoms with Crippen LogP contribution in [0.25, 0.3) is 11.3 Å². The molecular weight excluding hydrogens is 232 g/mol. The number of aromatic nitrogens is 1. The van der Waals surface area contributed by atoms with Gasteiger partial charge in [0, 0.05) is 18.0 Å². The minimum absolute atomic E-state index is 0.0713. The first-order valence-electron chi connectivity index (χ1n) is 5.21. The number of nitrogens with one attached hydrogen (secondary N) is 1. The summed E-state index contributed by atoms with van der Waals surface area (Å²) < 4.78 is 5.30. The van der Waals surface area contributed by atoms with Gasteiger partial charge in [-0.05, 0) is 18.2 Å². The lowest BCUT2D eigenvalue weighted by atomic mass is 10.1. The number of pyridine rings is 1. The van der Waals surface area contributed by atoms with Crippen LogP contribution in [0.4, 0.5) is 4.79 Å². The summed E-state index contributed by atoms with van der Waals surface area (Å²) in [6, 6.07) is 5.42. The Morgan fingerprint density at radius 3 is 3.11 bits per heavy atom. The van der Waals surface area contributed by atoms with Gasteiger partial charge in [0.2, 0.25) is 0 Å². The molecule has 0 bridgehead atoms. The summed E-state index contributed by atoms with van der Waals surface area (Å²) in [7, 11) is 0. The average molecular weight is 242 g/mol. The second kappa shape index (κ2) is 5.55. The Bertz CT molecular complexity index is 594. The molecule has 0 fully saturated rings. The van der Waals surface area contributed by atoms with Gasteiger partial charge >= 0.3 is 6.09 Å². The van der Waals surface area contributed by atoms with Crippen LogP contribution in [0.2, 0.25) is 0 Å². The third-order valence-electron chi connectivity index (χ3n) is 2.16. The lowest BCUT2D eigenvalue weighted by Gasteiger charge is -1.99. The molecule has 0 aliphatic carbocycles. The van der Waals surface area contributed by atoms with E-state index in [0.717, 1.165) is 5.56 Å². The molecular formula is C13H10N2O3. The predicted molar refractivity (Wildman–Crippen MR) is 64.8 cm³/mol. The number of furan rings is 1. The van der Waals surface area contributed by atoms with Crippen LogP contribution >= 0.6 is 0 Å². The molecule has 0 spiro atoms. The van der Waals surface area contributed by atoms with Crippen LogP contribution in [-0.2, 0) is 0 Å². The maximum absolute atomic E-state index is 10.3. The standard InChI is InChI=1S/C13H10N2O3/c16-13(17)15-6-1-3-10-9-14-7-5-11(10)12-4-2-8-18-12/h2,4-5,7-9,15H,6H2,(H,16,17).